The molecule has 108 valence electrons. The van der Waals surface area contributed by atoms with Gasteiger partial charge in [0, 0.05) is 10.7 Å². The maximum Gasteiger partial charge on any atom is 0.205 e. The summed E-state index contributed by atoms with van der Waals surface area (Å²) < 4.78 is 0.951. The van der Waals surface area contributed by atoms with Crippen molar-refractivity contribution in [1.82, 2.24) is 9.97 Å². The summed E-state index contributed by atoms with van der Waals surface area (Å²) >= 11 is 3.44. The first-order valence-corrected chi connectivity index (χ1v) is 7.63. The minimum atomic E-state index is -0.144. The molecule has 2 rings (SSSR count). The van der Waals surface area contributed by atoms with Gasteiger partial charge in [0.2, 0.25) is 5.78 Å². The Hall–Kier alpha value is -1.81. The maximum absolute atomic E-state index is 12.1. The van der Waals surface area contributed by atoms with E-state index in [4.69, 9.17) is 0 Å². The first-order valence-electron chi connectivity index (χ1n) is 6.84. The number of carbonyl (C=O) groups is 1. The Morgan fingerprint density at radius 3 is 2.62 bits per heavy atom. The van der Waals surface area contributed by atoms with E-state index in [1.807, 2.05) is 24.3 Å². The van der Waals surface area contributed by atoms with Crippen LogP contribution in [-0.2, 0) is 6.42 Å². The Bertz CT molecular complexity index is 648. The van der Waals surface area contributed by atoms with Crippen molar-refractivity contribution in [1.29, 1.82) is 0 Å². The quantitative estimate of drug-likeness (QED) is 0.598. The zero-order valence-electron chi connectivity index (χ0n) is 12.1. The van der Waals surface area contributed by atoms with Gasteiger partial charge in [0.05, 0.1) is 11.9 Å². The summed E-state index contributed by atoms with van der Waals surface area (Å²) in [4.78, 5) is 20.5. The highest BCUT2D eigenvalue weighted by atomic mass is 79.9. The fourth-order valence-corrected chi connectivity index (χ4v) is 2.28. The number of allylic oxidation sites excluding steroid dienone is 1. The molecule has 21 heavy (non-hydrogen) atoms. The first kappa shape index (κ1) is 15.6. The van der Waals surface area contributed by atoms with Crippen LogP contribution in [-0.4, -0.2) is 15.8 Å². The Labute approximate surface area is 133 Å². The summed E-state index contributed by atoms with van der Waals surface area (Å²) in [5, 5.41) is 0. The van der Waals surface area contributed by atoms with Gasteiger partial charge in [-0.3, -0.25) is 9.78 Å². The van der Waals surface area contributed by atoms with Gasteiger partial charge in [0.1, 0.15) is 5.69 Å². The number of hydrogen-bond donors (Lipinski definition) is 0. The van der Waals surface area contributed by atoms with Crippen molar-refractivity contribution in [2.24, 2.45) is 5.92 Å². The Kier molecular flexibility index (Phi) is 5.39. The topological polar surface area (TPSA) is 42.9 Å². The summed E-state index contributed by atoms with van der Waals surface area (Å²) in [7, 11) is 0. The molecule has 2 aromatic rings. The smallest absolute Gasteiger partial charge is 0.205 e. The van der Waals surface area contributed by atoms with Gasteiger partial charge >= 0.3 is 0 Å². The standard InChI is InChI=1S/C17H17BrN2O/c1-12(2)9-14-10-20-16(11-19-14)17(21)8-7-13-5-3-4-6-15(13)18/h3-8,10-12H,9H2,1-2H3/b8-7+. The second kappa shape index (κ2) is 7.27. The molecule has 0 radical (unpaired) electrons. The van der Waals surface area contributed by atoms with Crippen LogP contribution in [0.2, 0.25) is 0 Å². The molecule has 0 saturated carbocycles. The van der Waals surface area contributed by atoms with E-state index in [0.29, 0.717) is 11.6 Å². The third-order valence-corrected chi connectivity index (χ3v) is 3.62. The van der Waals surface area contributed by atoms with Gasteiger partial charge in [-0.15, -0.1) is 0 Å². The monoisotopic (exact) mass is 344 g/mol. The van der Waals surface area contributed by atoms with Crippen molar-refractivity contribution in [2.45, 2.75) is 20.3 Å². The molecular weight excluding hydrogens is 328 g/mol. The third-order valence-electron chi connectivity index (χ3n) is 2.89. The van der Waals surface area contributed by atoms with Gasteiger partial charge in [-0.1, -0.05) is 48.0 Å². The normalized spacial score (nSPS) is 11.2. The van der Waals surface area contributed by atoms with Crippen molar-refractivity contribution in [3.63, 3.8) is 0 Å². The Balaban J connectivity index is 2.08. The lowest BCUT2D eigenvalue weighted by molar-refractivity contribution is 0.104. The molecule has 0 unspecified atom stereocenters. The second-order valence-corrected chi connectivity index (χ2v) is 6.06. The van der Waals surface area contributed by atoms with Crippen molar-refractivity contribution >= 4 is 27.8 Å². The van der Waals surface area contributed by atoms with E-state index < -0.39 is 0 Å². The van der Waals surface area contributed by atoms with E-state index >= 15 is 0 Å². The predicted molar refractivity (Wildman–Crippen MR) is 88.1 cm³/mol. The van der Waals surface area contributed by atoms with Crippen LogP contribution in [0, 0.1) is 5.92 Å². The minimum Gasteiger partial charge on any atom is -0.287 e. The van der Waals surface area contributed by atoms with Crippen LogP contribution < -0.4 is 0 Å². The number of rotatable bonds is 5. The lowest BCUT2D eigenvalue weighted by atomic mass is 10.1. The van der Waals surface area contributed by atoms with Crippen LogP contribution in [0.4, 0.5) is 0 Å². The van der Waals surface area contributed by atoms with Crippen LogP contribution in [0.15, 0.2) is 47.2 Å². The fourth-order valence-electron chi connectivity index (χ4n) is 1.87. The molecule has 0 aliphatic rings. The zero-order valence-corrected chi connectivity index (χ0v) is 13.7. The molecule has 0 bridgehead atoms. The first-order chi connectivity index (χ1) is 10.1. The molecule has 1 aromatic heterocycles. The van der Waals surface area contributed by atoms with E-state index in [0.717, 1.165) is 22.2 Å². The number of ketones is 1. The van der Waals surface area contributed by atoms with Crippen LogP contribution in [0.1, 0.15) is 35.6 Å². The lowest BCUT2D eigenvalue weighted by Crippen LogP contribution is -2.03. The third kappa shape index (κ3) is 4.60. The Morgan fingerprint density at radius 1 is 1.24 bits per heavy atom. The summed E-state index contributed by atoms with van der Waals surface area (Å²) in [5.41, 5.74) is 2.23. The molecule has 3 nitrogen and oxygen atoms in total. The Morgan fingerprint density at radius 2 is 2.00 bits per heavy atom. The van der Waals surface area contributed by atoms with Gasteiger partial charge in [0.15, 0.2) is 0 Å². The van der Waals surface area contributed by atoms with Gasteiger partial charge in [-0.2, -0.15) is 0 Å². The summed E-state index contributed by atoms with van der Waals surface area (Å²) in [5.74, 6) is 0.380. The van der Waals surface area contributed by atoms with Crippen molar-refractivity contribution in [3.05, 3.63) is 64.2 Å². The molecule has 0 fully saturated rings. The van der Waals surface area contributed by atoms with E-state index in [1.165, 1.54) is 6.08 Å². The van der Waals surface area contributed by atoms with E-state index in [2.05, 4.69) is 39.7 Å². The van der Waals surface area contributed by atoms with Crippen molar-refractivity contribution in [2.75, 3.05) is 0 Å². The molecule has 0 atom stereocenters. The average molecular weight is 345 g/mol. The highest BCUT2D eigenvalue weighted by molar-refractivity contribution is 9.10. The molecule has 0 aliphatic carbocycles. The molecule has 1 aromatic carbocycles. The highest BCUT2D eigenvalue weighted by Crippen LogP contribution is 2.17. The zero-order chi connectivity index (χ0) is 15.2. The van der Waals surface area contributed by atoms with Gasteiger partial charge in [-0.05, 0) is 36.1 Å². The van der Waals surface area contributed by atoms with Crippen LogP contribution in [0.5, 0.6) is 0 Å². The number of hydrogen-bond acceptors (Lipinski definition) is 3. The molecule has 4 heteroatoms. The molecule has 0 spiro atoms. The van der Waals surface area contributed by atoms with Gasteiger partial charge in [-0.25, -0.2) is 4.98 Å². The predicted octanol–water partition coefficient (Wildman–Crippen LogP) is 4.33. The molecule has 0 N–H and O–H groups in total. The minimum absolute atomic E-state index is 0.144. The lowest BCUT2D eigenvalue weighted by Gasteiger charge is -2.03. The number of aromatic nitrogens is 2. The molecular formula is C17H17BrN2O. The maximum atomic E-state index is 12.1. The molecule has 0 saturated heterocycles. The highest BCUT2D eigenvalue weighted by Gasteiger charge is 2.06. The molecule has 0 amide bonds. The molecule has 1 heterocycles. The fraction of sp³-hybridized carbons (Fsp3) is 0.235. The summed E-state index contributed by atoms with van der Waals surface area (Å²) in [6.45, 7) is 4.25. The van der Waals surface area contributed by atoms with E-state index in [1.54, 1.807) is 18.5 Å². The van der Waals surface area contributed by atoms with Gasteiger partial charge in [0.25, 0.3) is 0 Å². The van der Waals surface area contributed by atoms with Crippen LogP contribution in [0.25, 0.3) is 6.08 Å². The number of carbonyl (C=O) groups excluding carboxylic acids is 1. The number of halogens is 1. The summed E-state index contributed by atoms with van der Waals surface area (Å²) in [6.07, 6.45) is 7.39. The van der Waals surface area contributed by atoms with Gasteiger partial charge < -0.3 is 0 Å². The number of benzene rings is 1. The molecule has 0 aliphatic heterocycles. The van der Waals surface area contributed by atoms with Crippen molar-refractivity contribution in [3.8, 4) is 0 Å². The van der Waals surface area contributed by atoms with Crippen LogP contribution >= 0.6 is 15.9 Å². The van der Waals surface area contributed by atoms with E-state index in [9.17, 15) is 4.79 Å². The summed E-state index contributed by atoms with van der Waals surface area (Å²) in [6, 6.07) is 7.73. The second-order valence-electron chi connectivity index (χ2n) is 5.21. The van der Waals surface area contributed by atoms with E-state index in [-0.39, 0.29) is 5.78 Å². The SMILES string of the molecule is CC(C)Cc1cnc(C(=O)/C=C/c2ccccc2Br)cn1. The largest absolute Gasteiger partial charge is 0.287 e. The van der Waals surface area contributed by atoms with Crippen molar-refractivity contribution < 1.29 is 4.79 Å². The average Bonchev–Trinajstić information content (AvgIpc) is 2.46. The number of nitrogens with zero attached hydrogens (tertiary/aromatic N) is 2. The van der Waals surface area contributed by atoms with Crippen LogP contribution in [0.3, 0.4) is 0 Å².